The van der Waals surface area contributed by atoms with Crippen molar-refractivity contribution in [2.75, 3.05) is 6.61 Å². The van der Waals surface area contributed by atoms with E-state index < -0.39 is 41.5 Å². The second-order valence-electron chi connectivity index (χ2n) is 4.01. The number of hydrogen-bond acceptors (Lipinski definition) is 7. The van der Waals surface area contributed by atoms with Gasteiger partial charge in [0.05, 0.1) is 12.8 Å². The van der Waals surface area contributed by atoms with Crippen LogP contribution in [0.5, 0.6) is 0 Å². The number of ether oxygens (including phenoxy) is 1. The van der Waals surface area contributed by atoms with Crippen LogP contribution in [0.1, 0.15) is 0 Å². The van der Waals surface area contributed by atoms with Crippen molar-refractivity contribution in [2.45, 2.75) is 23.1 Å². The maximum Gasteiger partial charge on any atom is 0.259 e. The predicted octanol–water partition coefficient (Wildman–Crippen LogP) is -1.48. The van der Waals surface area contributed by atoms with Crippen molar-refractivity contribution >= 4 is 29.6 Å². The fourth-order valence-corrected chi connectivity index (χ4v) is 1.82. The maximum atomic E-state index is 14.3. The number of rotatable bonds is 3. The van der Waals surface area contributed by atoms with Crippen LogP contribution in [0.15, 0.2) is 4.99 Å². The molecule has 1 rings (SSSR count). The fraction of sp³-hybridized carbons (Fsp3) is 0.500. The average Bonchev–Trinajstić information content (AvgIpc) is 2.67. The molecule has 0 aromatic heterocycles. The van der Waals surface area contributed by atoms with Crippen LogP contribution in [0.25, 0.3) is 0 Å². The van der Waals surface area contributed by atoms with E-state index >= 15 is 0 Å². The minimum Gasteiger partial charge on any atom is -0.392 e. The summed E-state index contributed by atoms with van der Waals surface area (Å²) in [5.74, 6) is 0.845. The molecule has 0 unspecified atom stereocenters. The van der Waals surface area contributed by atoms with Crippen LogP contribution in [0.2, 0.25) is 0 Å². The molecule has 1 aliphatic rings. The van der Waals surface area contributed by atoms with Crippen LogP contribution in [-0.4, -0.2) is 63.1 Å². The monoisotopic (exact) mass is 321 g/mol. The van der Waals surface area contributed by atoms with Gasteiger partial charge in [-0.2, -0.15) is 0 Å². The molecule has 0 aromatic rings. The molecule has 1 fully saturated rings. The standard InChI is InChI=1S/C10H13ClFN5O4/c1-2-9(4-18)6(19)10(11,12)7(21-9)16-8(17-20)15-5(14)3-13/h1,3,6-7,13,18-20H,4H2,(H3,14,15,16,17)/t6-,7-,9-,10-/m1/s1. The highest BCUT2D eigenvalue weighted by atomic mass is 35.5. The molecule has 0 spiro atoms. The number of guanidine groups is 1. The summed E-state index contributed by atoms with van der Waals surface area (Å²) in [7, 11) is 0. The van der Waals surface area contributed by atoms with Crippen LogP contribution in [0.3, 0.4) is 0 Å². The second-order valence-corrected chi connectivity index (χ2v) is 4.59. The first kappa shape index (κ1) is 17.3. The van der Waals surface area contributed by atoms with Crippen LogP contribution >= 0.6 is 11.6 Å². The van der Waals surface area contributed by atoms with Gasteiger partial charge in [0, 0.05) is 0 Å². The number of aliphatic hydroxyl groups excluding tert-OH is 2. The molecular formula is C10H13ClFN5O4. The summed E-state index contributed by atoms with van der Waals surface area (Å²) in [6.07, 6.45) is 1.71. The van der Waals surface area contributed by atoms with Gasteiger partial charge in [-0.3, -0.25) is 10.6 Å². The number of aliphatic imine (C=N–C) groups is 1. The number of hydroxylamine groups is 1. The average molecular weight is 322 g/mol. The lowest BCUT2D eigenvalue weighted by atomic mass is 9.97. The van der Waals surface area contributed by atoms with Crippen molar-refractivity contribution < 1.29 is 24.5 Å². The van der Waals surface area contributed by atoms with E-state index in [1.807, 2.05) is 5.92 Å². The molecule has 11 heteroatoms. The normalized spacial score (nSPS) is 35.9. The number of amidine groups is 1. The van der Waals surface area contributed by atoms with Crippen LogP contribution < -0.4 is 10.8 Å². The summed E-state index contributed by atoms with van der Waals surface area (Å²) in [5, 5.41) is 40.8. The number of nitrogens with zero attached hydrogens (tertiary/aromatic N) is 1. The van der Waals surface area contributed by atoms with Gasteiger partial charge in [-0.1, -0.05) is 17.5 Å². The van der Waals surface area contributed by atoms with Crippen molar-refractivity contribution in [3.63, 3.8) is 0 Å². The third-order valence-corrected chi connectivity index (χ3v) is 3.08. The second kappa shape index (κ2) is 6.33. The third kappa shape index (κ3) is 3.12. The smallest absolute Gasteiger partial charge is 0.259 e. The zero-order chi connectivity index (χ0) is 16.3. The molecule has 4 atom stereocenters. The minimum atomic E-state index is -2.98. The van der Waals surface area contributed by atoms with E-state index in [1.165, 1.54) is 5.48 Å². The van der Waals surface area contributed by atoms with Gasteiger partial charge in [-0.05, 0) is 0 Å². The summed E-state index contributed by atoms with van der Waals surface area (Å²) in [6, 6.07) is 0. The van der Waals surface area contributed by atoms with E-state index in [-0.39, 0.29) is 0 Å². The van der Waals surface area contributed by atoms with Gasteiger partial charge in [0.15, 0.2) is 5.60 Å². The van der Waals surface area contributed by atoms with E-state index in [0.29, 0.717) is 6.21 Å². The number of nitrogens with one attached hydrogen (secondary N) is 4. The largest absolute Gasteiger partial charge is 0.392 e. The lowest BCUT2D eigenvalue weighted by Crippen LogP contribution is -2.47. The molecule has 1 saturated heterocycles. The highest BCUT2D eigenvalue weighted by Crippen LogP contribution is 2.44. The highest BCUT2D eigenvalue weighted by molar-refractivity contribution is 6.30. The Balaban J connectivity index is 3.10. The summed E-state index contributed by atoms with van der Waals surface area (Å²) in [4.78, 5) is 3.48. The first-order chi connectivity index (χ1) is 9.77. The molecule has 9 nitrogen and oxygen atoms in total. The third-order valence-electron chi connectivity index (χ3n) is 2.69. The van der Waals surface area contributed by atoms with Gasteiger partial charge >= 0.3 is 0 Å². The van der Waals surface area contributed by atoms with Crippen molar-refractivity contribution in [1.82, 2.24) is 10.8 Å². The first-order valence-corrected chi connectivity index (χ1v) is 5.81. The molecule has 21 heavy (non-hydrogen) atoms. The molecule has 1 heterocycles. The van der Waals surface area contributed by atoms with Gasteiger partial charge in [-0.25, -0.2) is 14.9 Å². The summed E-state index contributed by atoms with van der Waals surface area (Å²) < 4.78 is 19.3. The molecule has 0 aliphatic carbocycles. The quantitative estimate of drug-likeness (QED) is 0.111. The number of aliphatic hydroxyl groups is 2. The van der Waals surface area contributed by atoms with E-state index in [0.717, 1.165) is 0 Å². The Bertz CT molecular complexity index is 508. The van der Waals surface area contributed by atoms with Gasteiger partial charge in [-0.15, -0.1) is 6.42 Å². The van der Waals surface area contributed by atoms with Gasteiger partial charge in [0.25, 0.3) is 5.13 Å². The van der Waals surface area contributed by atoms with Gasteiger partial charge in [0.1, 0.15) is 11.9 Å². The van der Waals surface area contributed by atoms with Crippen molar-refractivity contribution in [3.8, 4) is 12.3 Å². The predicted molar refractivity (Wildman–Crippen MR) is 71.2 cm³/mol. The van der Waals surface area contributed by atoms with Gasteiger partial charge < -0.3 is 25.7 Å². The lowest BCUT2D eigenvalue weighted by Gasteiger charge is -2.24. The number of hydrogen-bond donors (Lipinski definition) is 7. The summed E-state index contributed by atoms with van der Waals surface area (Å²) in [6.45, 7) is -0.916. The molecule has 116 valence electrons. The molecular weight excluding hydrogens is 309 g/mol. The molecule has 0 aromatic carbocycles. The zero-order valence-corrected chi connectivity index (χ0v) is 11.2. The van der Waals surface area contributed by atoms with E-state index in [1.54, 1.807) is 0 Å². The molecule has 0 saturated carbocycles. The lowest BCUT2D eigenvalue weighted by molar-refractivity contribution is -0.0693. The Hall–Kier alpha value is -1.77. The van der Waals surface area contributed by atoms with Crippen LogP contribution in [0.4, 0.5) is 4.39 Å². The molecule has 1 aliphatic heterocycles. The van der Waals surface area contributed by atoms with E-state index in [9.17, 15) is 9.50 Å². The van der Waals surface area contributed by atoms with Crippen molar-refractivity contribution in [1.29, 1.82) is 10.8 Å². The Kier molecular flexibility index (Phi) is 5.21. The maximum absolute atomic E-state index is 14.3. The number of terminal acetylenes is 1. The number of alkyl halides is 2. The fourth-order valence-electron chi connectivity index (χ4n) is 1.55. The van der Waals surface area contributed by atoms with E-state index in [2.05, 4.69) is 10.3 Å². The first-order valence-electron chi connectivity index (χ1n) is 5.43. The van der Waals surface area contributed by atoms with Gasteiger partial charge in [0.2, 0.25) is 12.2 Å². The summed E-state index contributed by atoms with van der Waals surface area (Å²) >= 11 is 5.51. The highest BCUT2D eigenvalue weighted by Gasteiger charge is 2.64. The Labute approximate surface area is 123 Å². The number of halogens is 2. The Morgan fingerprint density at radius 1 is 1.67 bits per heavy atom. The van der Waals surface area contributed by atoms with Crippen LogP contribution in [0, 0.1) is 23.2 Å². The van der Waals surface area contributed by atoms with E-state index in [4.69, 9.17) is 43.9 Å². The molecule has 0 amide bonds. The zero-order valence-electron chi connectivity index (χ0n) is 10.5. The van der Waals surface area contributed by atoms with Crippen molar-refractivity contribution in [3.05, 3.63) is 0 Å². The summed E-state index contributed by atoms with van der Waals surface area (Å²) in [5.41, 5.74) is -0.593. The SMILES string of the molecule is C#C[C@]1(CO)O[C@@H](N=C(NO)NC(=N)C=N)[C@@](F)(Cl)[C@@H]1O. The van der Waals surface area contributed by atoms with Crippen LogP contribution in [-0.2, 0) is 4.74 Å². The minimum absolute atomic E-state index is 0.488. The molecule has 0 radical (unpaired) electrons. The molecule has 0 bridgehead atoms. The Morgan fingerprint density at radius 3 is 2.67 bits per heavy atom. The topological polar surface area (TPSA) is 154 Å². The van der Waals surface area contributed by atoms with Crippen molar-refractivity contribution in [2.24, 2.45) is 4.99 Å². The molecule has 7 N–H and O–H groups in total. The Morgan fingerprint density at radius 2 is 2.29 bits per heavy atom.